The number of nitrogens with two attached hydrogens (primary N) is 1. The van der Waals surface area contributed by atoms with E-state index in [1.165, 1.54) is 30.6 Å². The molecule has 0 spiro atoms. The Morgan fingerprint density at radius 1 is 1.35 bits per heavy atom. The zero-order valence-corrected chi connectivity index (χ0v) is 15.6. The molecule has 2 N–H and O–H groups in total. The van der Waals surface area contributed by atoms with Gasteiger partial charge in [0.05, 0.1) is 0 Å². The number of anilines is 1. The number of hydrogen-bond acceptors (Lipinski definition) is 6. The molecule has 3 heterocycles. The summed E-state index contributed by atoms with van der Waals surface area (Å²) in [4.78, 5) is 23.8. The predicted molar refractivity (Wildman–Crippen MR) is 102 cm³/mol. The SMILES string of the molecule is CCN(C(=O)c1cc(N)n2nc(-c3nccs3)nc2c1)C1CCCCC1. The first-order valence-electron chi connectivity index (χ1n) is 9.04. The third-order valence-electron chi connectivity index (χ3n) is 4.95. The Balaban J connectivity index is 1.68. The molecule has 0 unspecified atom stereocenters. The highest BCUT2D eigenvalue weighted by molar-refractivity contribution is 7.13. The van der Waals surface area contributed by atoms with Crippen LogP contribution in [-0.4, -0.2) is 43.0 Å². The number of thiazole rings is 1. The van der Waals surface area contributed by atoms with Crippen molar-refractivity contribution in [2.75, 3.05) is 12.3 Å². The lowest BCUT2D eigenvalue weighted by Crippen LogP contribution is -2.41. The molecule has 4 rings (SSSR count). The molecule has 7 nitrogen and oxygen atoms in total. The molecule has 0 radical (unpaired) electrons. The van der Waals surface area contributed by atoms with E-state index in [0.29, 0.717) is 35.4 Å². The van der Waals surface area contributed by atoms with Crippen LogP contribution in [-0.2, 0) is 0 Å². The van der Waals surface area contributed by atoms with Gasteiger partial charge in [0.15, 0.2) is 10.7 Å². The van der Waals surface area contributed by atoms with Gasteiger partial charge in [0.1, 0.15) is 5.82 Å². The average molecular weight is 370 g/mol. The van der Waals surface area contributed by atoms with E-state index in [4.69, 9.17) is 5.73 Å². The van der Waals surface area contributed by atoms with Crippen LogP contribution in [0.25, 0.3) is 16.5 Å². The second-order valence-corrected chi connectivity index (χ2v) is 7.49. The number of aromatic nitrogens is 4. The van der Waals surface area contributed by atoms with E-state index in [-0.39, 0.29) is 5.91 Å². The Morgan fingerprint density at radius 2 is 2.15 bits per heavy atom. The number of hydrogen-bond donors (Lipinski definition) is 1. The topological polar surface area (TPSA) is 89.4 Å². The molecule has 1 aliphatic rings. The predicted octanol–water partition coefficient (Wildman–Crippen LogP) is 3.23. The van der Waals surface area contributed by atoms with Crippen molar-refractivity contribution in [3.05, 3.63) is 29.3 Å². The van der Waals surface area contributed by atoms with Crippen LogP contribution in [0.5, 0.6) is 0 Å². The molecule has 0 aliphatic heterocycles. The summed E-state index contributed by atoms with van der Waals surface area (Å²) in [6.07, 6.45) is 7.52. The highest BCUT2D eigenvalue weighted by atomic mass is 32.1. The van der Waals surface area contributed by atoms with E-state index in [9.17, 15) is 4.79 Å². The normalized spacial score (nSPS) is 15.4. The smallest absolute Gasteiger partial charge is 0.254 e. The summed E-state index contributed by atoms with van der Waals surface area (Å²) in [5.74, 6) is 0.948. The third kappa shape index (κ3) is 3.05. The number of nitrogens with zero attached hydrogens (tertiary/aromatic N) is 5. The fourth-order valence-corrected chi connectivity index (χ4v) is 4.25. The maximum Gasteiger partial charge on any atom is 0.254 e. The van der Waals surface area contributed by atoms with Gasteiger partial charge < -0.3 is 10.6 Å². The summed E-state index contributed by atoms with van der Waals surface area (Å²) in [6.45, 7) is 2.73. The molecule has 8 heteroatoms. The monoisotopic (exact) mass is 370 g/mol. The molecular formula is C18H22N6OS. The number of rotatable bonds is 4. The first-order chi connectivity index (χ1) is 12.7. The molecular weight excluding hydrogens is 348 g/mol. The van der Waals surface area contributed by atoms with Crippen LogP contribution in [0.4, 0.5) is 5.82 Å². The number of amides is 1. The minimum absolute atomic E-state index is 0.0207. The lowest BCUT2D eigenvalue weighted by atomic mass is 9.93. The van der Waals surface area contributed by atoms with Crippen LogP contribution in [0, 0.1) is 0 Å². The average Bonchev–Trinajstić information content (AvgIpc) is 3.32. The second kappa shape index (κ2) is 7.03. The Morgan fingerprint density at radius 3 is 2.85 bits per heavy atom. The van der Waals surface area contributed by atoms with Crippen molar-refractivity contribution in [2.45, 2.75) is 45.1 Å². The van der Waals surface area contributed by atoms with E-state index in [1.807, 2.05) is 17.2 Å². The van der Waals surface area contributed by atoms with Crippen LogP contribution in [0.2, 0.25) is 0 Å². The van der Waals surface area contributed by atoms with Gasteiger partial charge in [0, 0.05) is 29.7 Å². The first kappa shape index (κ1) is 17.0. The summed E-state index contributed by atoms with van der Waals surface area (Å²) in [5.41, 5.74) is 7.29. The van der Waals surface area contributed by atoms with Crippen LogP contribution in [0.15, 0.2) is 23.7 Å². The van der Waals surface area contributed by atoms with Crippen LogP contribution in [0.3, 0.4) is 0 Å². The zero-order valence-electron chi connectivity index (χ0n) is 14.8. The fraction of sp³-hybridized carbons (Fsp3) is 0.444. The van der Waals surface area contributed by atoms with Gasteiger partial charge in [-0.05, 0) is 31.9 Å². The summed E-state index contributed by atoms with van der Waals surface area (Å²) in [5, 5.41) is 7.03. The molecule has 1 saturated carbocycles. The number of pyridine rings is 1. The van der Waals surface area contributed by atoms with Crippen LogP contribution in [0.1, 0.15) is 49.4 Å². The largest absolute Gasteiger partial charge is 0.384 e. The van der Waals surface area contributed by atoms with Gasteiger partial charge in [-0.25, -0.2) is 9.97 Å². The first-order valence-corrected chi connectivity index (χ1v) is 9.92. The van der Waals surface area contributed by atoms with Crippen LogP contribution >= 0.6 is 11.3 Å². The van der Waals surface area contributed by atoms with Gasteiger partial charge in [0.25, 0.3) is 5.91 Å². The van der Waals surface area contributed by atoms with E-state index in [1.54, 1.807) is 22.8 Å². The van der Waals surface area contributed by atoms with Gasteiger partial charge in [0.2, 0.25) is 5.82 Å². The van der Waals surface area contributed by atoms with Crippen molar-refractivity contribution in [2.24, 2.45) is 0 Å². The molecule has 1 aliphatic carbocycles. The molecule has 3 aromatic rings. The standard InChI is InChI=1S/C18H22N6OS/c1-2-23(13-6-4-3-5-7-13)18(25)12-10-14(19)24-15(11-12)21-16(22-24)17-20-8-9-26-17/h8-11,13H,2-7,19H2,1H3. The maximum absolute atomic E-state index is 13.1. The highest BCUT2D eigenvalue weighted by Gasteiger charge is 2.26. The lowest BCUT2D eigenvalue weighted by Gasteiger charge is -2.33. The van der Waals surface area contributed by atoms with Gasteiger partial charge >= 0.3 is 0 Å². The van der Waals surface area contributed by atoms with E-state index >= 15 is 0 Å². The van der Waals surface area contributed by atoms with Gasteiger partial charge in [-0.1, -0.05) is 19.3 Å². The molecule has 3 aromatic heterocycles. The van der Waals surface area contributed by atoms with Crippen molar-refractivity contribution < 1.29 is 4.79 Å². The van der Waals surface area contributed by atoms with Crippen LogP contribution < -0.4 is 5.73 Å². The number of carbonyl (C=O) groups excluding carboxylic acids is 1. The van der Waals surface area contributed by atoms with Gasteiger partial charge in [-0.15, -0.1) is 16.4 Å². The van der Waals surface area contributed by atoms with Gasteiger partial charge in [-0.3, -0.25) is 4.79 Å². The van der Waals surface area contributed by atoms with Gasteiger partial charge in [-0.2, -0.15) is 4.52 Å². The Kier molecular flexibility index (Phi) is 4.58. The highest BCUT2D eigenvalue weighted by Crippen LogP contribution is 2.25. The Hall–Kier alpha value is -2.48. The lowest BCUT2D eigenvalue weighted by molar-refractivity contribution is 0.0648. The number of carbonyl (C=O) groups is 1. The van der Waals surface area contributed by atoms with Crippen molar-refractivity contribution in [1.29, 1.82) is 0 Å². The summed E-state index contributed by atoms with van der Waals surface area (Å²) in [7, 11) is 0. The Labute approximate surface area is 155 Å². The Bertz CT molecular complexity index is 913. The van der Waals surface area contributed by atoms with Crippen molar-refractivity contribution in [3.63, 3.8) is 0 Å². The van der Waals surface area contributed by atoms with Crippen molar-refractivity contribution in [3.8, 4) is 10.8 Å². The quantitative estimate of drug-likeness (QED) is 0.761. The maximum atomic E-state index is 13.1. The summed E-state index contributed by atoms with van der Waals surface area (Å²) in [6, 6.07) is 3.79. The molecule has 26 heavy (non-hydrogen) atoms. The van der Waals surface area contributed by atoms with E-state index in [0.717, 1.165) is 17.8 Å². The summed E-state index contributed by atoms with van der Waals surface area (Å²) < 4.78 is 1.56. The van der Waals surface area contributed by atoms with E-state index in [2.05, 4.69) is 15.1 Å². The molecule has 0 aromatic carbocycles. The number of fused-ring (bicyclic) bond motifs is 1. The summed E-state index contributed by atoms with van der Waals surface area (Å²) >= 11 is 1.47. The minimum Gasteiger partial charge on any atom is -0.384 e. The molecule has 136 valence electrons. The molecule has 0 atom stereocenters. The van der Waals surface area contributed by atoms with E-state index < -0.39 is 0 Å². The van der Waals surface area contributed by atoms with Crippen molar-refractivity contribution >= 4 is 28.7 Å². The minimum atomic E-state index is 0.0207. The van der Waals surface area contributed by atoms with Crippen molar-refractivity contribution in [1.82, 2.24) is 24.5 Å². The molecule has 1 fully saturated rings. The number of nitrogen functional groups attached to an aromatic ring is 1. The molecule has 0 saturated heterocycles. The second-order valence-electron chi connectivity index (χ2n) is 6.59. The third-order valence-corrected chi connectivity index (χ3v) is 5.72. The molecule has 1 amide bonds. The zero-order chi connectivity index (χ0) is 18.1. The molecule has 0 bridgehead atoms. The fourth-order valence-electron chi connectivity index (χ4n) is 3.68.